The number of nitrogens with zero attached hydrogens (tertiary/aromatic N) is 3. The SMILES string of the molecule is CC(C)(c1ccccc1)c1nnc(CN)n1C1CC1. The maximum Gasteiger partial charge on any atom is 0.147 e. The zero-order valence-electron chi connectivity index (χ0n) is 11.5. The van der Waals surface area contributed by atoms with Crippen LogP contribution >= 0.6 is 0 Å². The number of aromatic nitrogens is 3. The molecule has 4 heteroatoms. The Morgan fingerprint density at radius 3 is 2.47 bits per heavy atom. The summed E-state index contributed by atoms with van der Waals surface area (Å²) in [5.74, 6) is 1.93. The van der Waals surface area contributed by atoms with Crippen molar-refractivity contribution >= 4 is 0 Å². The summed E-state index contributed by atoms with van der Waals surface area (Å²) in [5.41, 5.74) is 6.90. The molecule has 1 fully saturated rings. The predicted octanol–water partition coefficient (Wildman–Crippen LogP) is 2.40. The van der Waals surface area contributed by atoms with Gasteiger partial charge in [-0.2, -0.15) is 0 Å². The van der Waals surface area contributed by atoms with E-state index in [-0.39, 0.29) is 5.41 Å². The maximum absolute atomic E-state index is 5.79. The minimum atomic E-state index is -0.149. The molecule has 0 atom stereocenters. The normalized spacial score (nSPS) is 15.7. The standard InChI is InChI=1S/C15H20N4/c1-15(2,11-6-4-3-5-7-11)14-18-17-13(10-16)19(14)12-8-9-12/h3-7,12H,8-10,16H2,1-2H3. The molecule has 1 aromatic heterocycles. The summed E-state index contributed by atoms with van der Waals surface area (Å²) in [7, 11) is 0. The smallest absolute Gasteiger partial charge is 0.147 e. The molecule has 100 valence electrons. The first-order valence-corrected chi connectivity index (χ1v) is 6.84. The fourth-order valence-corrected chi connectivity index (χ4v) is 2.59. The molecule has 2 N–H and O–H groups in total. The van der Waals surface area contributed by atoms with Gasteiger partial charge in [-0.3, -0.25) is 0 Å². The van der Waals surface area contributed by atoms with Gasteiger partial charge < -0.3 is 10.3 Å². The van der Waals surface area contributed by atoms with Gasteiger partial charge in [0.1, 0.15) is 11.6 Å². The first-order chi connectivity index (χ1) is 9.14. The topological polar surface area (TPSA) is 56.7 Å². The van der Waals surface area contributed by atoms with Crippen LogP contribution in [0.15, 0.2) is 30.3 Å². The van der Waals surface area contributed by atoms with Gasteiger partial charge >= 0.3 is 0 Å². The molecule has 0 radical (unpaired) electrons. The summed E-state index contributed by atoms with van der Waals surface area (Å²) >= 11 is 0. The van der Waals surface area contributed by atoms with Gasteiger partial charge in [0.15, 0.2) is 0 Å². The minimum absolute atomic E-state index is 0.149. The van der Waals surface area contributed by atoms with Crippen LogP contribution in [0.1, 0.15) is 49.9 Å². The average Bonchev–Trinajstić information content (AvgIpc) is 3.18. The number of benzene rings is 1. The highest BCUT2D eigenvalue weighted by atomic mass is 15.3. The van der Waals surface area contributed by atoms with E-state index < -0.39 is 0 Å². The van der Waals surface area contributed by atoms with Crippen molar-refractivity contribution in [3.8, 4) is 0 Å². The molecule has 0 spiro atoms. The molecular formula is C15H20N4. The van der Waals surface area contributed by atoms with Crippen molar-refractivity contribution in [2.24, 2.45) is 5.73 Å². The van der Waals surface area contributed by atoms with Crippen molar-refractivity contribution in [1.29, 1.82) is 0 Å². The lowest BCUT2D eigenvalue weighted by Crippen LogP contribution is -2.25. The lowest BCUT2D eigenvalue weighted by atomic mass is 9.83. The first-order valence-electron chi connectivity index (χ1n) is 6.84. The highest BCUT2D eigenvalue weighted by molar-refractivity contribution is 5.31. The molecule has 1 saturated carbocycles. The van der Waals surface area contributed by atoms with Crippen LogP contribution in [0, 0.1) is 0 Å². The van der Waals surface area contributed by atoms with Gasteiger partial charge in [-0.15, -0.1) is 10.2 Å². The van der Waals surface area contributed by atoms with Crippen molar-refractivity contribution in [1.82, 2.24) is 14.8 Å². The Labute approximate surface area is 113 Å². The van der Waals surface area contributed by atoms with Gasteiger partial charge in [0.05, 0.1) is 6.54 Å². The summed E-state index contributed by atoms with van der Waals surface area (Å²) in [6, 6.07) is 11.0. The molecule has 4 nitrogen and oxygen atoms in total. The Bertz CT molecular complexity index is 567. The van der Waals surface area contributed by atoms with Crippen LogP contribution in [0.25, 0.3) is 0 Å². The first kappa shape index (κ1) is 12.4. The van der Waals surface area contributed by atoms with Crippen LogP contribution in [0.5, 0.6) is 0 Å². The summed E-state index contributed by atoms with van der Waals surface area (Å²) in [6.07, 6.45) is 2.42. The highest BCUT2D eigenvalue weighted by Gasteiger charge is 2.36. The van der Waals surface area contributed by atoms with Crippen LogP contribution in [-0.4, -0.2) is 14.8 Å². The Morgan fingerprint density at radius 2 is 1.89 bits per heavy atom. The van der Waals surface area contributed by atoms with E-state index in [9.17, 15) is 0 Å². The molecule has 0 aliphatic heterocycles. The summed E-state index contributed by atoms with van der Waals surface area (Å²) in [6.45, 7) is 4.85. The lowest BCUT2D eigenvalue weighted by molar-refractivity contribution is 0.526. The number of hydrogen-bond acceptors (Lipinski definition) is 3. The summed E-state index contributed by atoms with van der Waals surface area (Å²) in [4.78, 5) is 0. The molecule has 3 rings (SSSR count). The summed E-state index contributed by atoms with van der Waals surface area (Å²) < 4.78 is 2.26. The second-order valence-electron chi connectivity index (χ2n) is 5.74. The summed E-state index contributed by atoms with van der Waals surface area (Å²) in [5, 5.41) is 8.70. The van der Waals surface area contributed by atoms with E-state index in [4.69, 9.17) is 5.73 Å². The van der Waals surface area contributed by atoms with Crippen molar-refractivity contribution in [2.45, 2.75) is 44.7 Å². The van der Waals surface area contributed by atoms with E-state index >= 15 is 0 Å². The van der Waals surface area contributed by atoms with E-state index in [1.54, 1.807) is 0 Å². The molecule has 0 amide bonds. The number of hydrogen-bond donors (Lipinski definition) is 1. The fraction of sp³-hybridized carbons (Fsp3) is 0.467. The van der Waals surface area contributed by atoms with Gasteiger partial charge in [0.25, 0.3) is 0 Å². The highest BCUT2D eigenvalue weighted by Crippen LogP contribution is 2.40. The number of rotatable bonds is 4. The third-order valence-corrected chi connectivity index (χ3v) is 3.92. The lowest BCUT2D eigenvalue weighted by Gasteiger charge is -2.25. The molecule has 19 heavy (non-hydrogen) atoms. The van der Waals surface area contributed by atoms with E-state index in [0.717, 1.165) is 11.6 Å². The van der Waals surface area contributed by atoms with Gasteiger partial charge in [-0.25, -0.2) is 0 Å². The van der Waals surface area contributed by atoms with Crippen LogP contribution in [0.4, 0.5) is 0 Å². The van der Waals surface area contributed by atoms with Crippen LogP contribution in [-0.2, 0) is 12.0 Å². The van der Waals surface area contributed by atoms with Crippen LogP contribution < -0.4 is 5.73 Å². The van der Waals surface area contributed by atoms with Crippen molar-refractivity contribution in [2.75, 3.05) is 0 Å². The van der Waals surface area contributed by atoms with Crippen LogP contribution in [0.2, 0.25) is 0 Å². The predicted molar refractivity (Wildman–Crippen MR) is 74.8 cm³/mol. The molecule has 1 aromatic carbocycles. The largest absolute Gasteiger partial charge is 0.324 e. The average molecular weight is 256 g/mol. The van der Waals surface area contributed by atoms with E-state index in [2.05, 4.69) is 52.9 Å². The third-order valence-electron chi connectivity index (χ3n) is 3.92. The Hall–Kier alpha value is -1.68. The third kappa shape index (κ3) is 2.06. The molecule has 1 aliphatic carbocycles. The van der Waals surface area contributed by atoms with Crippen LogP contribution in [0.3, 0.4) is 0 Å². The monoisotopic (exact) mass is 256 g/mol. The number of nitrogens with two attached hydrogens (primary N) is 1. The van der Waals surface area contributed by atoms with Gasteiger partial charge in [-0.1, -0.05) is 30.3 Å². The zero-order valence-corrected chi connectivity index (χ0v) is 11.5. The van der Waals surface area contributed by atoms with Gasteiger partial charge in [0.2, 0.25) is 0 Å². The van der Waals surface area contributed by atoms with Gasteiger partial charge in [-0.05, 0) is 32.3 Å². The maximum atomic E-state index is 5.79. The Morgan fingerprint density at radius 1 is 1.21 bits per heavy atom. The molecule has 0 bridgehead atoms. The van der Waals surface area contributed by atoms with Crippen molar-refractivity contribution in [3.05, 3.63) is 47.5 Å². The quantitative estimate of drug-likeness (QED) is 0.913. The van der Waals surface area contributed by atoms with E-state index in [1.165, 1.54) is 18.4 Å². The van der Waals surface area contributed by atoms with E-state index in [1.807, 2.05) is 6.07 Å². The minimum Gasteiger partial charge on any atom is -0.324 e. The molecule has 1 aliphatic rings. The fourth-order valence-electron chi connectivity index (χ4n) is 2.59. The van der Waals surface area contributed by atoms with Crippen molar-refractivity contribution in [3.63, 3.8) is 0 Å². The second-order valence-corrected chi connectivity index (χ2v) is 5.74. The molecule has 0 saturated heterocycles. The Balaban J connectivity index is 2.08. The molecule has 0 unspecified atom stereocenters. The van der Waals surface area contributed by atoms with Crippen molar-refractivity contribution < 1.29 is 0 Å². The van der Waals surface area contributed by atoms with E-state index in [0.29, 0.717) is 12.6 Å². The molecule has 1 heterocycles. The molecular weight excluding hydrogens is 236 g/mol. The Kier molecular flexibility index (Phi) is 2.90. The molecule has 2 aromatic rings. The second kappa shape index (κ2) is 4.46. The van der Waals surface area contributed by atoms with Gasteiger partial charge in [0, 0.05) is 11.5 Å². The zero-order chi connectivity index (χ0) is 13.5.